The van der Waals surface area contributed by atoms with Crippen LogP contribution >= 0.6 is 11.6 Å². The first-order valence-corrected chi connectivity index (χ1v) is 5.13. The van der Waals surface area contributed by atoms with Crippen LogP contribution in [0.15, 0.2) is 42.9 Å². The van der Waals surface area contributed by atoms with Crippen LogP contribution in [0.4, 0.5) is 0 Å². The van der Waals surface area contributed by atoms with Crippen molar-refractivity contribution in [3.05, 3.63) is 48.1 Å². The van der Waals surface area contributed by atoms with Crippen molar-refractivity contribution in [2.45, 2.75) is 0 Å². The Balaban J connectivity index is 2.26. The summed E-state index contributed by atoms with van der Waals surface area (Å²) < 4.78 is 1.96. The van der Waals surface area contributed by atoms with Crippen LogP contribution in [0.3, 0.4) is 0 Å². The number of halogens is 1. The van der Waals surface area contributed by atoms with Crippen LogP contribution in [-0.4, -0.2) is 19.4 Å². The highest BCUT2D eigenvalue weighted by molar-refractivity contribution is 6.28. The standard InChI is InChI=1S/C11H7ClN4/c12-11-13-5-4-9(15-11)10-14-7-8-3-1-2-6-16(8)10/h1-7H. The van der Waals surface area contributed by atoms with Gasteiger partial charge in [0, 0.05) is 12.4 Å². The van der Waals surface area contributed by atoms with E-state index < -0.39 is 0 Å². The average molecular weight is 231 g/mol. The van der Waals surface area contributed by atoms with E-state index in [9.17, 15) is 0 Å². The van der Waals surface area contributed by atoms with Gasteiger partial charge in [0.05, 0.1) is 11.7 Å². The third-order valence-corrected chi connectivity index (χ3v) is 2.48. The van der Waals surface area contributed by atoms with Gasteiger partial charge in [0.25, 0.3) is 0 Å². The maximum Gasteiger partial charge on any atom is 0.222 e. The second-order valence-electron chi connectivity index (χ2n) is 3.29. The molecule has 0 atom stereocenters. The predicted molar refractivity (Wildman–Crippen MR) is 61.2 cm³/mol. The first-order chi connectivity index (χ1) is 7.84. The van der Waals surface area contributed by atoms with E-state index in [1.54, 1.807) is 18.5 Å². The average Bonchev–Trinajstić information content (AvgIpc) is 2.72. The number of rotatable bonds is 1. The Kier molecular flexibility index (Phi) is 2.08. The zero-order chi connectivity index (χ0) is 11.0. The zero-order valence-electron chi connectivity index (χ0n) is 8.21. The maximum absolute atomic E-state index is 5.75. The molecule has 5 heteroatoms. The lowest BCUT2D eigenvalue weighted by Gasteiger charge is -1.99. The van der Waals surface area contributed by atoms with Gasteiger partial charge in [-0.2, -0.15) is 0 Å². The first kappa shape index (κ1) is 9.30. The Morgan fingerprint density at radius 2 is 2.06 bits per heavy atom. The molecule has 0 amide bonds. The van der Waals surface area contributed by atoms with Crippen LogP contribution in [-0.2, 0) is 0 Å². The summed E-state index contributed by atoms with van der Waals surface area (Å²) in [6, 6.07) is 7.68. The Morgan fingerprint density at radius 1 is 1.12 bits per heavy atom. The lowest BCUT2D eigenvalue weighted by Crippen LogP contribution is -1.92. The first-order valence-electron chi connectivity index (χ1n) is 4.75. The highest BCUT2D eigenvalue weighted by atomic mass is 35.5. The highest BCUT2D eigenvalue weighted by Crippen LogP contribution is 2.17. The number of nitrogens with zero attached hydrogens (tertiary/aromatic N) is 4. The second-order valence-corrected chi connectivity index (χ2v) is 3.63. The van der Waals surface area contributed by atoms with Crippen molar-refractivity contribution in [2.75, 3.05) is 0 Å². The van der Waals surface area contributed by atoms with E-state index in [4.69, 9.17) is 11.6 Å². The predicted octanol–water partition coefficient (Wildman–Crippen LogP) is 2.44. The molecule has 78 valence electrons. The summed E-state index contributed by atoms with van der Waals surface area (Å²) in [5.41, 5.74) is 1.73. The molecule has 0 aromatic carbocycles. The number of imidazole rings is 1. The van der Waals surface area contributed by atoms with E-state index in [0.29, 0.717) is 5.69 Å². The molecule has 16 heavy (non-hydrogen) atoms. The largest absolute Gasteiger partial charge is 0.298 e. The summed E-state index contributed by atoms with van der Waals surface area (Å²) in [4.78, 5) is 12.3. The van der Waals surface area contributed by atoms with Crippen molar-refractivity contribution in [2.24, 2.45) is 0 Å². The van der Waals surface area contributed by atoms with Gasteiger partial charge in [-0.3, -0.25) is 4.40 Å². The molecule has 0 N–H and O–H groups in total. The fourth-order valence-electron chi connectivity index (χ4n) is 1.59. The summed E-state index contributed by atoms with van der Waals surface area (Å²) in [6.07, 6.45) is 5.35. The molecule has 0 saturated carbocycles. The molecular formula is C11H7ClN4. The van der Waals surface area contributed by atoms with Crippen molar-refractivity contribution >= 4 is 17.1 Å². The van der Waals surface area contributed by atoms with E-state index in [0.717, 1.165) is 11.3 Å². The number of aromatic nitrogens is 4. The van der Waals surface area contributed by atoms with Crippen LogP contribution in [0.25, 0.3) is 17.0 Å². The van der Waals surface area contributed by atoms with E-state index in [2.05, 4.69) is 15.0 Å². The van der Waals surface area contributed by atoms with Gasteiger partial charge >= 0.3 is 0 Å². The molecule has 0 aliphatic rings. The molecule has 3 rings (SSSR count). The van der Waals surface area contributed by atoms with Gasteiger partial charge in [0.15, 0.2) is 5.82 Å². The van der Waals surface area contributed by atoms with Crippen molar-refractivity contribution < 1.29 is 0 Å². The molecule has 3 aromatic rings. The third-order valence-electron chi connectivity index (χ3n) is 2.29. The molecular weight excluding hydrogens is 224 g/mol. The van der Waals surface area contributed by atoms with Gasteiger partial charge < -0.3 is 0 Å². The number of hydrogen-bond acceptors (Lipinski definition) is 3. The molecule has 0 spiro atoms. The minimum atomic E-state index is 0.227. The quantitative estimate of drug-likeness (QED) is 0.603. The SMILES string of the molecule is Clc1nccc(-c2ncc3ccccn23)n1. The third kappa shape index (κ3) is 1.44. The molecule has 3 aromatic heterocycles. The molecule has 0 radical (unpaired) electrons. The van der Waals surface area contributed by atoms with Crippen LogP contribution < -0.4 is 0 Å². The smallest absolute Gasteiger partial charge is 0.222 e. The molecule has 0 bridgehead atoms. The molecule has 0 unspecified atom stereocenters. The van der Waals surface area contributed by atoms with Gasteiger partial charge in [-0.1, -0.05) is 6.07 Å². The summed E-state index contributed by atoms with van der Waals surface area (Å²) in [5.74, 6) is 0.764. The van der Waals surface area contributed by atoms with Gasteiger partial charge in [-0.15, -0.1) is 0 Å². The van der Waals surface area contributed by atoms with Crippen LogP contribution in [0.1, 0.15) is 0 Å². The summed E-state index contributed by atoms with van der Waals surface area (Å²) in [6.45, 7) is 0. The Bertz CT molecular complexity index is 647. The number of hydrogen-bond donors (Lipinski definition) is 0. The maximum atomic E-state index is 5.75. The second kappa shape index (κ2) is 3.57. The van der Waals surface area contributed by atoms with Gasteiger partial charge in [0.2, 0.25) is 5.28 Å². The summed E-state index contributed by atoms with van der Waals surface area (Å²) in [5, 5.41) is 0.227. The van der Waals surface area contributed by atoms with E-state index >= 15 is 0 Å². The van der Waals surface area contributed by atoms with Crippen molar-refractivity contribution in [3.63, 3.8) is 0 Å². The topological polar surface area (TPSA) is 43.1 Å². The summed E-state index contributed by atoms with van der Waals surface area (Å²) in [7, 11) is 0. The van der Waals surface area contributed by atoms with Crippen LogP contribution in [0.5, 0.6) is 0 Å². The van der Waals surface area contributed by atoms with E-state index in [1.807, 2.05) is 28.8 Å². The van der Waals surface area contributed by atoms with Crippen molar-refractivity contribution in [3.8, 4) is 11.5 Å². The van der Waals surface area contributed by atoms with Crippen LogP contribution in [0, 0.1) is 0 Å². The Morgan fingerprint density at radius 3 is 2.94 bits per heavy atom. The molecule has 3 heterocycles. The molecule has 0 aliphatic heterocycles. The highest BCUT2D eigenvalue weighted by Gasteiger charge is 2.07. The minimum Gasteiger partial charge on any atom is -0.298 e. The van der Waals surface area contributed by atoms with Crippen molar-refractivity contribution in [1.82, 2.24) is 19.4 Å². The number of fused-ring (bicyclic) bond motifs is 1. The lowest BCUT2D eigenvalue weighted by molar-refractivity contribution is 1.10. The minimum absolute atomic E-state index is 0.227. The zero-order valence-corrected chi connectivity index (χ0v) is 8.96. The van der Waals surface area contributed by atoms with Gasteiger partial charge in [0.1, 0.15) is 5.69 Å². The lowest BCUT2D eigenvalue weighted by atomic mass is 10.4. The molecule has 0 fully saturated rings. The summed E-state index contributed by atoms with van der Waals surface area (Å²) >= 11 is 5.75. The van der Waals surface area contributed by atoms with E-state index in [1.165, 1.54) is 0 Å². The monoisotopic (exact) mass is 230 g/mol. The van der Waals surface area contributed by atoms with Crippen LogP contribution in [0.2, 0.25) is 5.28 Å². The number of pyridine rings is 1. The molecule has 0 saturated heterocycles. The van der Waals surface area contributed by atoms with Crippen molar-refractivity contribution in [1.29, 1.82) is 0 Å². The Labute approximate surface area is 96.6 Å². The molecule has 0 aliphatic carbocycles. The molecule has 4 nitrogen and oxygen atoms in total. The fraction of sp³-hybridized carbons (Fsp3) is 0. The normalized spacial score (nSPS) is 10.8. The Hall–Kier alpha value is -1.94. The fourth-order valence-corrected chi connectivity index (χ4v) is 1.74. The van der Waals surface area contributed by atoms with Gasteiger partial charge in [-0.05, 0) is 29.8 Å². The van der Waals surface area contributed by atoms with Gasteiger partial charge in [-0.25, -0.2) is 15.0 Å². The van der Waals surface area contributed by atoms with E-state index in [-0.39, 0.29) is 5.28 Å².